The summed E-state index contributed by atoms with van der Waals surface area (Å²) in [5.74, 6) is 0.440. The molecule has 0 aliphatic heterocycles. The maximum atomic E-state index is 11.9. The lowest BCUT2D eigenvalue weighted by molar-refractivity contribution is -0.119. The van der Waals surface area contributed by atoms with Gasteiger partial charge in [-0.3, -0.25) is 4.79 Å². The Morgan fingerprint density at radius 3 is 1.81 bits per heavy atom. The second kappa shape index (κ2) is 20.9. The van der Waals surface area contributed by atoms with Gasteiger partial charge in [0.2, 0.25) is 0 Å². The van der Waals surface area contributed by atoms with Crippen LogP contribution < -0.4 is 0 Å². The average molecular weight is 373 g/mol. The standard InChI is InChI=1S/C22H44O4/c1-3-4-5-6-7-8-9-10-13-16-21(24)17-14-11-12-15-18-26-20-22(19-23)25-2/h22-23H,3-20H2,1-2H3/t22-/m0/s1. The molecule has 0 saturated carbocycles. The number of carbonyl (C=O) groups excluding carboxylic acids is 1. The first kappa shape index (κ1) is 25.6. The van der Waals surface area contributed by atoms with E-state index in [4.69, 9.17) is 14.6 Å². The van der Waals surface area contributed by atoms with Gasteiger partial charge in [-0.1, -0.05) is 71.1 Å². The largest absolute Gasteiger partial charge is 0.394 e. The van der Waals surface area contributed by atoms with Crippen molar-refractivity contribution in [2.45, 2.75) is 109 Å². The van der Waals surface area contributed by atoms with Gasteiger partial charge in [0, 0.05) is 26.6 Å². The van der Waals surface area contributed by atoms with Gasteiger partial charge in [-0.15, -0.1) is 0 Å². The minimum Gasteiger partial charge on any atom is -0.394 e. The predicted octanol–water partition coefficient (Wildman–Crippen LogP) is 5.45. The van der Waals surface area contributed by atoms with Crippen LogP contribution in [-0.4, -0.2) is 43.9 Å². The number of carbonyl (C=O) groups is 1. The SMILES string of the molecule is CCCCCCCCCCCC(=O)CCCCCCOC[C@H](CO)OC. The number of aliphatic hydroxyl groups is 1. The van der Waals surface area contributed by atoms with Gasteiger partial charge >= 0.3 is 0 Å². The van der Waals surface area contributed by atoms with E-state index in [1.54, 1.807) is 7.11 Å². The molecule has 0 saturated heterocycles. The lowest BCUT2D eigenvalue weighted by atomic mass is 10.0. The average Bonchev–Trinajstić information content (AvgIpc) is 2.65. The van der Waals surface area contributed by atoms with Crippen LogP contribution in [-0.2, 0) is 14.3 Å². The molecule has 0 fully saturated rings. The maximum Gasteiger partial charge on any atom is 0.132 e. The van der Waals surface area contributed by atoms with E-state index in [9.17, 15) is 4.79 Å². The molecule has 4 nitrogen and oxygen atoms in total. The molecular formula is C22H44O4. The van der Waals surface area contributed by atoms with Crippen LogP contribution in [0.15, 0.2) is 0 Å². The molecule has 0 rings (SSSR count). The molecule has 0 aliphatic rings. The van der Waals surface area contributed by atoms with Crippen LogP contribution in [0.3, 0.4) is 0 Å². The van der Waals surface area contributed by atoms with Gasteiger partial charge in [0.15, 0.2) is 0 Å². The van der Waals surface area contributed by atoms with Crippen molar-refractivity contribution >= 4 is 5.78 Å². The van der Waals surface area contributed by atoms with Crippen molar-refractivity contribution in [2.75, 3.05) is 26.9 Å². The Bertz CT molecular complexity index is 290. The first-order valence-corrected chi connectivity index (χ1v) is 11.0. The lowest BCUT2D eigenvalue weighted by Crippen LogP contribution is -2.22. The zero-order valence-electron chi connectivity index (χ0n) is 17.5. The van der Waals surface area contributed by atoms with Crippen LogP contribution in [0.25, 0.3) is 0 Å². The summed E-state index contributed by atoms with van der Waals surface area (Å²) in [5.41, 5.74) is 0. The van der Waals surface area contributed by atoms with Crippen molar-refractivity contribution in [3.05, 3.63) is 0 Å². The van der Waals surface area contributed by atoms with E-state index in [1.165, 1.54) is 51.4 Å². The van der Waals surface area contributed by atoms with Crippen molar-refractivity contribution in [3.63, 3.8) is 0 Å². The molecule has 1 atom stereocenters. The third-order valence-corrected chi connectivity index (χ3v) is 4.89. The molecule has 0 spiro atoms. The Kier molecular flexibility index (Phi) is 20.5. The second-order valence-electron chi connectivity index (χ2n) is 7.40. The van der Waals surface area contributed by atoms with Crippen molar-refractivity contribution in [1.29, 1.82) is 0 Å². The fraction of sp³-hybridized carbons (Fsp3) is 0.955. The smallest absolute Gasteiger partial charge is 0.132 e. The van der Waals surface area contributed by atoms with Gasteiger partial charge < -0.3 is 14.6 Å². The number of ether oxygens (including phenoxy) is 2. The third-order valence-electron chi connectivity index (χ3n) is 4.89. The van der Waals surface area contributed by atoms with Crippen molar-refractivity contribution in [3.8, 4) is 0 Å². The molecule has 0 aromatic heterocycles. The van der Waals surface area contributed by atoms with Crippen LogP contribution in [0.2, 0.25) is 0 Å². The molecule has 0 bridgehead atoms. The van der Waals surface area contributed by atoms with Crippen LogP contribution in [0.5, 0.6) is 0 Å². The molecule has 0 heterocycles. The van der Waals surface area contributed by atoms with Crippen LogP contribution in [0, 0.1) is 0 Å². The quantitative estimate of drug-likeness (QED) is 0.272. The first-order valence-electron chi connectivity index (χ1n) is 11.0. The van der Waals surface area contributed by atoms with E-state index < -0.39 is 0 Å². The van der Waals surface area contributed by atoms with E-state index in [2.05, 4.69) is 6.92 Å². The number of unbranched alkanes of at least 4 members (excludes halogenated alkanes) is 11. The molecule has 1 N–H and O–H groups in total. The highest BCUT2D eigenvalue weighted by molar-refractivity contribution is 5.78. The highest BCUT2D eigenvalue weighted by Gasteiger charge is 2.05. The van der Waals surface area contributed by atoms with Gasteiger partial charge in [0.1, 0.15) is 11.9 Å². The van der Waals surface area contributed by atoms with Crippen molar-refractivity contribution in [2.24, 2.45) is 0 Å². The van der Waals surface area contributed by atoms with E-state index in [0.717, 1.165) is 44.9 Å². The monoisotopic (exact) mass is 372 g/mol. The van der Waals surface area contributed by atoms with E-state index in [0.29, 0.717) is 19.0 Å². The number of Topliss-reactive ketones (excluding diaryl/α,β-unsaturated/α-hetero) is 1. The van der Waals surface area contributed by atoms with Gasteiger partial charge in [0.05, 0.1) is 13.2 Å². The highest BCUT2D eigenvalue weighted by atomic mass is 16.5. The highest BCUT2D eigenvalue weighted by Crippen LogP contribution is 2.12. The number of methoxy groups -OCH3 is 1. The number of hydrogen-bond donors (Lipinski definition) is 1. The molecule has 0 aromatic carbocycles. The normalized spacial score (nSPS) is 12.4. The van der Waals surface area contributed by atoms with Crippen molar-refractivity contribution in [1.82, 2.24) is 0 Å². The summed E-state index contributed by atoms with van der Waals surface area (Å²) in [5, 5.41) is 8.96. The fourth-order valence-electron chi connectivity index (χ4n) is 3.05. The number of hydrogen-bond acceptors (Lipinski definition) is 4. The first-order chi connectivity index (χ1) is 12.7. The summed E-state index contributed by atoms with van der Waals surface area (Å²) in [6, 6.07) is 0. The molecule has 156 valence electrons. The maximum absolute atomic E-state index is 11.9. The Labute approximate surface area is 162 Å². The van der Waals surface area contributed by atoms with Gasteiger partial charge in [0.25, 0.3) is 0 Å². The molecule has 0 unspecified atom stereocenters. The van der Waals surface area contributed by atoms with Gasteiger partial charge in [-0.25, -0.2) is 0 Å². The minimum atomic E-state index is -0.214. The van der Waals surface area contributed by atoms with Crippen LogP contribution >= 0.6 is 0 Å². The summed E-state index contributed by atoms with van der Waals surface area (Å²) in [6.45, 7) is 3.40. The Morgan fingerprint density at radius 1 is 0.808 bits per heavy atom. The lowest BCUT2D eigenvalue weighted by Gasteiger charge is -2.12. The summed E-state index contributed by atoms with van der Waals surface area (Å²) in [7, 11) is 1.58. The number of aliphatic hydroxyl groups excluding tert-OH is 1. The van der Waals surface area contributed by atoms with Crippen LogP contribution in [0.1, 0.15) is 103 Å². The number of rotatable bonds is 21. The Morgan fingerprint density at radius 2 is 1.31 bits per heavy atom. The summed E-state index contributed by atoms with van der Waals surface area (Å²) in [6.07, 6.45) is 17.3. The Balaban J connectivity index is 3.22. The predicted molar refractivity (Wildman–Crippen MR) is 109 cm³/mol. The van der Waals surface area contributed by atoms with Crippen molar-refractivity contribution < 1.29 is 19.4 Å². The molecule has 0 amide bonds. The van der Waals surface area contributed by atoms with E-state index in [1.807, 2.05) is 0 Å². The zero-order valence-corrected chi connectivity index (χ0v) is 17.5. The zero-order chi connectivity index (χ0) is 19.3. The Hall–Kier alpha value is -0.450. The summed E-state index contributed by atoms with van der Waals surface area (Å²) in [4.78, 5) is 11.9. The van der Waals surface area contributed by atoms with E-state index in [-0.39, 0.29) is 12.7 Å². The second-order valence-corrected chi connectivity index (χ2v) is 7.40. The van der Waals surface area contributed by atoms with Gasteiger partial charge in [-0.2, -0.15) is 0 Å². The number of ketones is 1. The summed E-state index contributed by atoms with van der Waals surface area (Å²) >= 11 is 0. The molecule has 26 heavy (non-hydrogen) atoms. The van der Waals surface area contributed by atoms with Crippen LogP contribution in [0.4, 0.5) is 0 Å². The molecule has 0 radical (unpaired) electrons. The molecule has 4 heteroatoms. The summed E-state index contributed by atoms with van der Waals surface area (Å²) < 4.78 is 10.5. The minimum absolute atomic E-state index is 0.00241. The molecular weight excluding hydrogens is 328 g/mol. The molecule has 0 aliphatic carbocycles. The van der Waals surface area contributed by atoms with Gasteiger partial charge in [-0.05, 0) is 19.3 Å². The topological polar surface area (TPSA) is 55.8 Å². The fourth-order valence-corrected chi connectivity index (χ4v) is 3.05. The van der Waals surface area contributed by atoms with E-state index >= 15 is 0 Å². The molecule has 0 aromatic rings. The third kappa shape index (κ3) is 18.3.